The molecule has 2 heterocycles. The lowest BCUT2D eigenvalue weighted by Gasteiger charge is -2.13. The maximum absolute atomic E-state index is 5.58. The molecule has 0 radical (unpaired) electrons. The quantitative estimate of drug-likeness (QED) is 0.602. The summed E-state index contributed by atoms with van der Waals surface area (Å²) in [6, 6.07) is 1.88. The zero-order valence-corrected chi connectivity index (χ0v) is 9.73. The second-order valence-corrected chi connectivity index (χ2v) is 4.34. The Bertz CT molecular complexity index is 361. The molecule has 1 atom stereocenters. The molecule has 0 saturated carbocycles. The van der Waals surface area contributed by atoms with Crippen molar-refractivity contribution in [2.75, 3.05) is 12.0 Å². The summed E-state index contributed by atoms with van der Waals surface area (Å²) in [7, 11) is 0. The Balaban J connectivity index is 2.32. The molecule has 1 unspecified atom stereocenters. The third-order valence-electron chi connectivity index (χ3n) is 2.72. The van der Waals surface area contributed by atoms with Crippen molar-refractivity contribution in [2.45, 2.75) is 38.7 Å². The van der Waals surface area contributed by atoms with Gasteiger partial charge in [-0.15, -0.1) is 0 Å². The van der Waals surface area contributed by atoms with Crippen molar-refractivity contribution >= 4 is 5.82 Å². The predicted molar refractivity (Wildman–Crippen MR) is 61.9 cm³/mol. The molecule has 5 heteroatoms. The van der Waals surface area contributed by atoms with E-state index in [4.69, 9.17) is 10.6 Å². The standard InChI is InChI=1S/C11H18N4O/c1-7(2)8-6-10(15-12)14-11(13-8)9-4-3-5-16-9/h6-7,9H,3-5,12H2,1-2H3,(H,13,14,15). The van der Waals surface area contributed by atoms with Gasteiger partial charge in [-0.3, -0.25) is 0 Å². The van der Waals surface area contributed by atoms with E-state index in [9.17, 15) is 0 Å². The number of ether oxygens (including phenoxy) is 1. The molecule has 1 fully saturated rings. The molecule has 0 aliphatic carbocycles. The SMILES string of the molecule is CC(C)c1cc(NN)nc(C2CCCO2)n1. The Morgan fingerprint density at radius 3 is 2.88 bits per heavy atom. The number of hydrogen-bond donors (Lipinski definition) is 2. The van der Waals surface area contributed by atoms with Crippen LogP contribution in [0, 0.1) is 0 Å². The topological polar surface area (TPSA) is 73.1 Å². The Morgan fingerprint density at radius 2 is 2.31 bits per heavy atom. The highest BCUT2D eigenvalue weighted by atomic mass is 16.5. The van der Waals surface area contributed by atoms with Crippen LogP contribution < -0.4 is 11.3 Å². The Hall–Kier alpha value is -1.20. The van der Waals surface area contributed by atoms with Gasteiger partial charge in [0.15, 0.2) is 5.82 Å². The van der Waals surface area contributed by atoms with E-state index < -0.39 is 0 Å². The molecule has 88 valence electrons. The largest absolute Gasteiger partial charge is 0.370 e. The van der Waals surface area contributed by atoms with Crippen LogP contribution in [0.5, 0.6) is 0 Å². The van der Waals surface area contributed by atoms with Gasteiger partial charge in [0.2, 0.25) is 0 Å². The van der Waals surface area contributed by atoms with Gasteiger partial charge in [0.25, 0.3) is 0 Å². The van der Waals surface area contributed by atoms with Crippen LogP contribution in [0.2, 0.25) is 0 Å². The van der Waals surface area contributed by atoms with E-state index in [1.165, 1.54) is 0 Å². The Morgan fingerprint density at radius 1 is 1.50 bits per heavy atom. The predicted octanol–water partition coefficient (Wildman–Crippen LogP) is 1.74. The third-order valence-corrected chi connectivity index (χ3v) is 2.72. The molecule has 1 saturated heterocycles. The van der Waals surface area contributed by atoms with Gasteiger partial charge in [0.1, 0.15) is 11.9 Å². The first kappa shape index (κ1) is 11.3. The fourth-order valence-corrected chi connectivity index (χ4v) is 1.78. The number of nitrogen functional groups attached to an aromatic ring is 1. The first-order valence-electron chi connectivity index (χ1n) is 5.68. The van der Waals surface area contributed by atoms with Crippen molar-refractivity contribution in [3.8, 4) is 0 Å². The fourth-order valence-electron chi connectivity index (χ4n) is 1.78. The minimum Gasteiger partial charge on any atom is -0.370 e. The van der Waals surface area contributed by atoms with Gasteiger partial charge in [-0.1, -0.05) is 13.8 Å². The maximum atomic E-state index is 5.58. The molecule has 2 rings (SSSR count). The van der Waals surface area contributed by atoms with Crippen LogP contribution in [-0.4, -0.2) is 16.6 Å². The Labute approximate surface area is 95.4 Å². The van der Waals surface area contributed by atoms with Gasteiger partial charge in [0, 0.05) is 18.4 Å². The highest BCUT2D eigenvalue weighted by Gasteiger charge is 2.21. The van der Waals surface area contributed by atoms with Crippen molar-refractivity contribution in [3.63, 3.8) is 0 Å². The zero-order valence-electron chi connectivity index (χ0n) is 9.73. The molecule has 0 amide bonds. The number of aromatic nitrogens is 2. The van der Waals surface area contributed by atoms with Crippen LogP contribution >= 0.6 is 0 Å². The normalized spacial score (nSPS) is 20.4. The number of nitrogens with one attached hydrogen (secondary N) is 1. The summed E-state index contributed by atoms with van der Waals surface area (Å²) >= 11 is 0. The lowest BCUT2D eigenvalue weighted by atomic mass is 10.1. The smallest absolute Gasteiger partial charge is 0.159 e. The first-order valence-corrected chi connectivity index (χ1v) is 5.68. The summed E-state index contributed by atoms with van der Waals surface area (Å²) < 4.78 is 5.58. The number of nitrogens with two attached hydrogens (primary N) is 1. The van der Waals surface area contributed by atoms with Crippen LogP contribution in [0.3, 0.4) is 0 Å². The summed E-state index contributed by atoms with van der Waals surface area (Å²) in [6.07, 6.45) is 2.10. The highest BCUT2D eigenvalue weighted by Crippen LogP contribution is 2.27. The summed E-state index contributed by atoms with van der Waals surface area (Å²) in [4.78, 5) is 8.88. The van der Waals surface area contributed by atoms with Crippen LogP contribution in [0.1, 0.15) is 50.2 Å². The average molecular weight is 222 g/mol. The molecule has 16 heavy (non-hydrogen) atoms. The van der Waals surface area contributed by atoms with Crippen LogP contribution in [0.25, 0.3) is 0 Å². The second-order valence-electron chi connectivity index (χ2n) is 4.34. The molecule has 0 aromatic carbocycles. The molecule has 1 aromatic rings. The number of rotatable bonds is 3. The fraction of sp³-hybridized carbons (Fsp3) is 0.636. The third kappa shape index (κ3) is 2.31. The van der Waals surface area contributed by atoms with Crippen LogP contribution in [0.4, 0.5) is 5.82 Å². The van der Waals surface area contributed by atoms with Crippen LogP contribution in [-0.2, 0) is 4.74 Å². The van der Waals surface area contributed by atoms with Crippen molar-refractivity contribution in [1.82, 2.24) is 9.97 Å². The van der Waals surface area contributed by atoms with Gasteiger partial charge >= 0.3 is 0 Å². The highest BCUT2D eigenvalue weighted by molar-refractivity contribution is 5.35. The molecule has 3 N–H and O–H groups in total. The molecule has 1 aliphatic heterocycles. The second kappa shape index (κ2) is 4.76. The molecule has 1 aliphatic rings. The maximum Gasteiger partial charge on any atom is 0.159 e. The number of hydrazine groups is 1. The lowest BCUT2D eigenvalue weighted by molar-refractivity contribution is 0.105. The summed E-state index contributed by atoms with van der Waals surface area (Å²) in [5.41, 5.74) is 3.57. The van der Waals surface area contributed by atoms with Gasteiger partial charge < -0.3 is 10.2 Å². The van der Waals surface area contributed by atoms with E-state index >= 15 is 0 Å². The van der Waals surface area contributed by atoms with E-state index in [-0.39, 0.29) is 6.10 Å². The summed E-state index contributed by atoms with van der Waals surface area (Å²) in [6.45, 7) is 5.00. The number of anilines is 1. The lowest BCUT2D eigenvalue weighted by Crippen LogP contribution is -2.13. The van der Waals surface area contributed by atoms with E-state index in [0.29, 0.717) is 11.7 Å². The van der Waals surface area contributed by atoms with Crippen molar-refractivity contribution in [2.24, 2.45) is 5.84 Å². The van der Waals surface area contributed by atoms with E-state index in [1.807, 2.05) is 6.07 Å². The van der Waals surface area contributed by atoms with Crippen molar-refractivity contribution in [1.29, 1.82) is 0 Å². The molecular formula is C11H18N4O. The van der Waals surface area contributed by atoms with E-state index in [2.05, 4.69) is 29.2 Å². The first-order chi connectivity index (χ1) is 7.70. The monoisotopic (exact) mass is 222 g/mol. The van der Waals surface area contributed by atoms with Gasteiger partial charge in [-0.25, -0.2) is 15.8 Å². The number of nitrogens with zero attached hydrogens (tertiary/aromatic N) is 2. The molecule has 0 spiro atoms. The van der Waals surface area contributed by atoms with Gasteiger partial charge in [-0.05, 0) is 18.8 Å². The van der Waals surface area contributed by atoms with Gasteiger partial charge in [-0.2, -0.15) is 0 Å². The van der Waals surface area contributed by atoms with Crippen LogP contribution in [0.15, 0.2) is 6.07 Å². The van der Waals surface area contributed by atoms with Crippen molar-refractivity contribution in [3.05, 3.63) is 17.6 Å². The van der Waals surface area contributed by atoms with E-state index in [1.54, 1.807) is 0 Å². The molecule has 1 aromatic heterocycles. The molecule has 5 nitrogen and oxygen atoms in total. The number of hydrogen-bond acceptors (Lipinski definition) is 5. The summed E-state index contributed by atoms with van der Waals surface area (Å²) in [5.74, 6) is 7.17. The average Bonchev–Trinajstić information content (AvgIpc) is 2.81. The Kier molecular flexibility index (Phi) is 3.36. The minimum atomic E-state index is 0.0331. The summed E-state index contributed by atoms with van der Waals surface area (Å²) in [5, 5.41) is 0. The molecule has 0 bridgehead atoms. The molecular weight excluding hydrogens is 204 g/mol. The minimum absolute atomic E-state index is 0.0331. The zero-order chi connectivity index (χ0) is 11.5. The van der Waals surface area contributed by atoms with Gasteiger partial charge in [0.05, 0.1) is 0 Å². The van der Waals surface area contributed by atoms with Crippen molar-refractivity contribution < 1.29 is 4.74 Å². The van der Waals surface area contributed by atoms with E-state index in [0.717, 1.165) is 31.0 Å².